The quantitative estimate of drug-likeness (QED) is 0.750. The van der Waals surface area contributed by atoms with E-state index in [-0.39, 0.29) is 5.91 Å². The van der Waals surface area contributed by atoms with Crippen LogP contribution in [0.4, 0.5) is 0 Å². The maximum absolute atomic E-state index is 13.1. The van der Waals surface area contributed by atoms with E-state index in [1.807, 2.05) is 6.07 Å². The number of hydrogen-bond acceptors (Lipinski definition) is 3. The predicted molar refractivity (Wildman–Crippen MR) is 106 cm³/mol. The lowest BCUT2D eigenvalue weighted by Gasteiger charge is -2.37. The number of likely N-dealkylation sites (tertiary alicyclic amines) is 2. The molecule has 1 atom stereocenters. The van der Waals surface area contributed by atoms with Crippen molar-refractivity contribution in [1.29, 1.82) is 0 Å². The number of piperidine rings is 1. The Labute approximate surface area is 162 Å². The van der Waals surface area contributed by atoms with Gasteiger partial charge in [-0.25, -0.2) is 0 Å². The molecule has 0 saturated carbocycles. The zero-order chi connectivity index (χ0) is 18.4. The van der Waals surface area contributed by atoms with Gasteiger partial charge in [0, 0.05) is 24.7 Å². The number of rotatable bonds is 5. The molecule has 2 aliphatic heterocycles. The van der Waals surface area contributed by atoms with Gasteiger partial charge >= 0.3 is 0 Å². The number of amides is 1. The van der Waals surface area contributed by atoms with Crippen LogP contribution in [0.5, 0.6) is 5.75 Å². The Bertz CT molecular complexity index is 600. The summed E-state index contributed by atoms with van der Waals surface area (Å²) in [5.74, 6) is 0.717. The van der Waals surface area contributed by atoms with E-state index < -0.39 is 0 Å². The molecule has 1 aromatic carbocycles. The van der Waals surface area contributed by atoms with Gasteiger partial charge < -0.3 is 14.5 Å². The highest BCUT2D eigenvalue weighted by Crippen LogP contribution is 2.28. The van der Waals surface area contributed by atoms with Gasteiger partial charge in [0.2, 0.25) is 0 Å². The molecular formula is C21H31ClN2O2. The largest absolute Gasteiger partial charge is 0.495 e. The minimum absolute atomic E-state index is 0.107. The second kappa shape index (κ2) is 9.61. The summed E-state index contributed by atoms with van der Waals surface area (Å²) in [5.41, 5.74) is 0.664. The van der Waals surface area contributed by atoms with Crippen LogP contribution in [0.1, 0.15) is 61.7 Å². The lowest BCUT2D eigenvalue weighted by molar-refractivity contribution is 0.0584. The molecule has 2 heterocycles. The molecule has 4 nitrogen and oxygen atoms in total. The summed E-state index contributed by atoms with van der Waals surface area (Å²) in [6, 6.07) is 5.70. The smallest absolute Gasteiger partial charge is 0.254 e. The van der Waals surface area contributed by atoms with E-state index in [4.69, 9.17) is 16.3 Å². The highest BCUT2D eigenvalue weighted by atomic mass is 35.5. The Balaban J connectivity index is 1.63. The number of nitrogens with zero attached hydrogens (tertiary/aromatic N) is 2. The van der Waals surface area contributed by atoms with Gasteiger partial charge in [0.05, 0.1) is 12.1 Å². The Hall–Kier alpha value is -1.26. The molecule has 144 valence electrons. The number of hydrogen-bond donors (Lipinski definition) is 0. The van der Waals surface area contributed by atoms with Crippen LogP contribution in [-0.4, -0.2) is 55.0 Å². The molecule has 0 aromatic heterocycles. The van der Waals surface area contributed by atoms with Crippen LogP contribution in [0.3, 0.4) is 0 Å². The van der Waals surface area contributed by atoms with Crippen LogP contribution in [0.15, 0.2) is 18.2 Å². The predicted octanol–water partition coefficient (Wildman–Crippen LogP) is 4.61. The van der Waals surface area contributed by atoms with Crippen molar-refractivity contribution in [3.63, 3.8) is 0 Å². The highest BCUT2D eigenvalue weighted by Gasteiger charge is 2.28. The standard InChI is InChI=1S/C21H31ClN2O2/c1-26-20-10-9-17(16-19(20)22)21(25)24-14-7-4-8-18(24)11-15-23-12-5-2-3-6-13-23/h9-10,16,18H,2-8,11-15H2,1H3. The summed E-state index contributed by atoms with van der Waals surface area (Å²) in [4.78, 5) is 17.8. The van der Waals surface area contributed by atoms with Crippen LogP contribution in [0, 0.1) is 0 Å². The van der Waals surface area contributed by atoms with E-state index in [0.29, 0.717) is 22.4 Å². The van der Waals surface area contributed by atoms with Gasteiger partial charge in [-0.2, -0.15) is 0 Å². The Morgan fingerprint density at radius 1 is 1.12 bits per heavy atom. The maximum Gasteiger partial charge on any atom is 0.254 e. The fourth-order valence-electron chi connectivity index (χ4n) is 4.22. The van der Waals surface area contributed by atoms with E-state index in [0.717, 1.165) is 32.4 Å². The molecule has 0 radical (unpaired) electrons. The topological polar surface area (TPSA) is 32.8 Å². The summed E-state index contributed by atoms with van der Waals surface area (Å²) in [5, 5.41) is 0.497. The van der Waals surface area contributed by atoms with Crippen molar-refractivity contribution in [3.8, 4) is 5.75 Å². The highest BCUT2D eigenvalue weighted by molar-refractivity contribution is 6.32. The molecule has 1 aromatic rings. The van der Waals surface area contributed by atoms with Crippen molar-refractivity contribution in [2.45, 2.75) is 57.4 Å². The first kappa shape index (κ1) is 19.5. The number of halogens is 1. The number of methoxy groups -OCH3 is 1. The molecule has 2 aliphatic rings. The molecule has 0 bridgehead atoms. The third-order valence-corrected chi connectivity index (χ3v) is 6.06. The van der Waals surface area contributed by atoms with Gasteiger partial charge in [-0.05, 0) is 69.8 Å². The van der Waals surface area contributed by atoms with Gasteiger partial charge in [0.25, 0.3) is 5.91 Å². The second-order valence-corrected chi connectivity index (χ2v) is 7.95. The summed E-state index contributed by atoms with van der Waals surface area (Å²) < 4.78 is 5.20. The number of benzene rings is 1. The van der Waals surface area contributed by atoms with Crippen molar-refractivity contribution in [3.05, 3.63) is 28.8 Å². The summed E-state index contributed by atoms with van der Waals surface area (Å²) in [6.07, 6.45) is 9.87. The first-order chi connectivity index (χ1) is 12.7. The second-order valence-electron chi connectivity index (χ2n) is 7.54. The van der Waals surface area contributed by atoms with Gasteiger partial charge in [0.1, 0.15) is 5.75 Å². The van der Waals surface area contributed by atoms with Gasteiger partial charge in [-0.3, -0.25) is 4.79 Å². The van der Waals surface area contributed by atoms with Crippen LogP contribution >= 0.6 is 11.6 Å². The Morgan fingerprint density at radius 2 is 1.85 bits per heavy atom. The van der Waals surface area contributed by atoms with Gasteiger partial charge in [0.15, 0.2) is 0 Å². The zero-order valence-electron chi connectivity index (χ0n) is 15.9. The van der Waals surface area contributed by atoms with Crippen LogP contribution in [-0.2, 0) is 0 Å². The molecule has 3 rings (SSSR count). The Kier molecular flexibility index (Phi) is 7.21. The summed E-state index contributed by atoms with van der Waals surface area (Å²) in [6.45, 7) is 4.40. The fraction of sp³-hybridized carbons (Fsp3) is 0.667. The molecule has 26 heavy (non-hydrogen) atoms. The average Bonchev–Trinajstić information content (AvgIpc) is 2.95. The number of carbonyl (C=O) groups excluding carboxylic acids is 1. The molecule has 0 N–H and O–H groups in total. The van der Waals surface area contributed by atoms with Crippen LogP contribution in [0.2, 0.25) is 5.02 Å². The first-order valence-electron chi connectivity index (χ1n) is 10.1. The van der Waals surface area contributed by atoms with E-state index in [2.05, 4.69) is 9.80 Å². The van der Waals surface area contributed by atoms with Crippen molar-refractivity contribution >= 4 is 17.5 Å². The third-order valence-electron chi connectivity index (χ3n) is 5.76. The zero-order valence-corrected chi connectivity index (χ0v) is 16.6. The van der Waals surface area contributed by atoms with E-state index >= 15 is 0 Å². The van der Waals surface area contributed by atoms with Crippen LogP contribution < -0.4 is 4.74 Å². The van der Waals surface area contributed by atoms with E-state index in [1.54, 1.807) is 19.2 Å². The lowest BCUT2D eigenvalue weighted by atomic mass is 9.97. The van der Waals surface area contributed by atoms with Crippen molar-refractivity contribution in [2.24, 2.45) is 0 Å². The van der Waals surface area contributed by atoms with Crippen molar-refractivity contribution < 1.29 is 9.53 Å². The van der Waals surface area contributed by atoms with Crippen LogP contribution in [0.25, 0.3) is 0 Å². The molecule has 0 aliphatic carbocycles. The monoisotopic (exact) mass is 378 g/mol. The molecule has 5 heteroatoms. The van der Waals surface area contributed by atoms with Gasteiger partial charge in [-0.1, -0.05) is 24.4 Å². The minimum Gasteiger partial charge on any atom is -0.495 e. The maximum atomic E-state index is 13.1. The summed E-state index contributed by atoms with van der Waals surface area (Å²) in [7, 11) is 1.59. The molecular weight excluding hydrogens is 348 g/mol. The SMILES string of the molecule is COc1ccc(C(=O)N2CCCCC2CCN2CCCCCC2)cc1Cl. The molecule has 1 unspecified atom stereocenters. The fourth-order valence-corrected chi connectivity index (χ4v) is 4.48. The number of ether oxygens (including phenoxy) is 1. The first-order valence-corrected chi connectivity index (χ1v) is 10.4. The molecule has 2 fully saturated rings. The van der Waals surface area contributed by atoms with Crippen molar-refractivity contribution in [1.82, 2.24) is 9.80 Å². The average molecular weight is 379 g/mol. The summed E-state index contributed by atoms with van der Waals surface area (Å²) >= 11 is 6.22. The van der Waals surface area contributed by atoms with E-state index in [9.17, 15) is 4.79 Å². The van der Waals surface area contributed by atoms with Crippen molar-refractivity contribution in [2.75, 3.05) is 33.3 Å². The van der Waals surface area contributed by atoms with Gasteiger partial charge in [-0.15, -0.1) is 0 Å². The third kappa shape index (κ3) is 4.92. The molecule has 1 amide bonds. The normalized spacial score (nSPS) is 22.1. The number of carbonyl (C=O) groups is 1. The lowest BCUT2D eigenvalue weighted by Crippen LogP contribution is -2.45. The molecule has 0 spiro atoms. The van der Waals surface area contributed by atoms with E-state index in [1.165, 1.54) is 45.2 Å². The minimum atomic E-state index is 0.107. The Morgan fingerprint density at radius 3 is 2.54 bits per heavy atom. The molecule has 2 saturated heterocycles.